The predicted octanol–water partition coefficient (Wildman–Crippen LogP) is 1.56. The SMILES string of the molecule is CCc1ncc2c(c1C)CNC2. The van der Waals surface area contributed by atoms with Crippen LogP contribution in [-0.4, -0.2) is 4.98 Å². The Labute approximate surface area is 73.0 Å². The smallest absolute Gasteiger partial charge is 0.0433 e. The van der Waals surface area contributed by atoms with Crippen LogP contribution in [0.1, 0.15) is 29.3 Å². The molecule has 0 amide bonds. The summed E-state index contributed by atoms with van der Waals surface area (Å²) < 4.78 is 0. The predicted molar refractivity (Wildman–Crippen MR) is 48.9 cm³/mol. The van der Waals surface area contributed by atoms with Gasteiger partial charge in [-0.3, -0.25) is 4.98 Å². The molecule has 2 heterocycles. The fourth-order valence-electron chi connectivity index (χ4n) is 1.82. The number of rotatable bonds is 1. The van der Waals surface area contributed by atoms with Gasteiger partial charge in [-0.05, 0) is 30.0 Å². The summed E-state index contributed by atoms with van der Waals surface area (Å²) in [5.41, 5.74) is 5.49. The van der Waals surface area contributed by atoms with Crippen LogP contribution in [0.4, 0.5) is 0 Å². The average molecular weight is 162 g/mol. The van der Waals surface area contributed by atoms with Crippen LogP contribution in [0.15, 0.2) is 6.20 Å². The zero-order valence-corrected chi connectivity index (χ0v) is 7.65. The van der Waals surface area contributed by atoms with Gasteiger partial charge in [-0.15, -0.1) is 0 Å². The number of fused-ring (bicyclic) bond motifs is 1. The molecule has 1 aromatic rings. The van der Waals surface area contributed by atoms with Gasteiger partial charge in [-0.25, -0.2) is 0 Å². The summed E-state index contributed by atoms with van der Waals surface area (Å²) in [5.74, 6) is 0. The molecular formula is C10H14N2. The Kier molecular flexibility index (Phi) is 1.85. The fraction of sp³-hybridized carbons (Fsp3) is 0.500. The van der Waals surface area contributed by atoms with Crippen molar-refractivity contribution >= 4 is 0 Å². The highest BCUT2D eigenvalue weighted by Gasteiger charge is 2.14. The summed E-state index contributed by atoms with van der Waals surface area (Å²) >= 11 is 0. The third-order valence-corrected chi connectivity index (χ3v) is 2.60. The van der Waals surface area contributed by atoms with Crippen LogP contribution in [0.25, 0.3) is 0 Å². The van der Waals surface area contributed by atoms with E-state index < -0.39 is 0 Å². The Morgan fingerprint density at radius 3 is 3.08 bits per heavy atom. The van der Waals surface area contributed by atoms with Crippen LogP contribution in [0.2, 0.25) is 0 Å². The first kappa shape index (κ1) is 7.74. The summed E-state index contributed by atoms with van der Waals surface area (Å²) in [6.07, 6.45) is 3.06. The van der Waals surface area contributed by atoms with E-state index in [2.05, 4.69) is 24.1 Å². The largest absolute Gasteiger partial charge is 0.309 e. The Morgan fingerprint density at radius 2 is 2.33 bits per heavy atom. The summed E-state index contributed by atoms with van der Waals surface area (Å²) in [4.78, 5) is 4.43. The molecule has 0 saturated carbocycles. The quantitative estimate of drug-likeness (QED) is 0.677. The van der Waals surface area contributed by atoms with Gasteiger partial charge in [-0.2, -0.15) is 0 Å². The third kappa shape index (κ3) is 1.03. The van der Waals surface area contributed by atoms with Gasteiger partial charge in [0, 0.05) is 25.0 Å². The van der Waals surface area contributed by atoms with E-state index >= 15 is 0 Å². The summed E-state index contributed by atoms with van der Waals surface area (Å²) in [6, 6.07) is 0. The fourth-order valence-corrected chi connectivity index (χ4v) is 1.82. The highest BCUT2D eigenvalue weighted by molar-refractivity contribution is 5.37. The van der Waals surface area contributed by atoms with Crippen molar-refractivity contribution in [3.05, 3.63) is 28.6 Å². The van der Waals surface area contributed by atoms with Gasteiger partial charge in [-0.1, -0.05) is 6.92 Å². The Bertz CT molecular complexity index is 305. The van der Waals surface area contributed by atoms with Crippen LogP contribution in [0.3, 0.4) is 0 Å². The summed E-state index contributed by atoms with van der Waals surface area (Å²) in [7, 11) is 0. The molecule has 0 spiro atoms. The standard InChI is InChI=1S/C10H14N2/c1-3-10-7(2)9-6-11-4-8(9)5-12-10/h5,11H,3-4,6H2,1-2H3. The second-order valence-electron chi connectivity index (χ2n) is 3.29. The summed E-state index contributed by atoms with van der Waals surface area (Å²) in [6.45, 7) is 6.35. The minimum atomic E-state index is 0.993. The third-order valence-electron chi connectivity index (χ3n) is 2.60. The van der Waals surface area contributed by atoms with Crippen molar-refractivity contribution < 1.29 is 0 Å². The van der Waals surface area contributed by atoms with Crippen molar-refractivity contribution in [2.75, 3.05) is 0 Å². The molecule has 0 radical (unpaired) electrons. The molecular weight excluding hydrogens is 148 g/mol. The molecule has 0 saturated heterocycles. The molecule has 0 aromatic carbocycles. The van der Waals surface area contributed by atoms with Crippen LogP contribution in [0.5, 0.6) is 0 Å². The molecule has 1 aliphatic heterocycles. The molecule has 1 aliphatic rings. The maximum Gasteiger partial charge on any atom is 0.0433 e. The van der Waals surface area contributed by atoms with Gasteiger partial charge in [0.1, 0.15) is 0 Å². The molecule has 1 N–H and O–H groups in total. The summed E-state index contributed by atoms with van der Waals surface area (Å²) in [5, 5.41) is 3.34. The maximum atomic E-state index is 4.43. The lowest BCUT2D eigenvalue weighted by molar-refractivity contribution is 0.763. The lowest BCUT2D eigenvalue weighted by Gasteiger charge is -2.06. The van der Waals surface area contributed by atoms with Gasteiger partial charge in [0.2, 0.25) is 0 Å². The van der Waals surface area contributed by atoms with Crippen molar-refractivity contribution in [3.8, 4) is 0 Å². The number of aromatic nitrogens is 1. The molecule has 2 rings (SSSR count). The molecule has 0 atom stereocenters. The lowest BCUT2D eigenvalue weighted by Crippen LogP contribution is -2.01. The van der Waals surface area contributed by atoms with Crippen LogP contribution in [0, 0.1) is 6.92 Å². The molecule has 0 fully saturated rings. The molecule has 0 aliphatic carbocycles. The Morgan fingerprint density at radius 1 is 1.50 bits per heavy atom. The van der Waals surface area contributed by atoms with E-state index in [4.69, 9.17) is 0 Å². The topological polar surface area (TPSA) is 24.9 Å². The molecule has 64 valence electrons. The van der Waals surface area contributed by atoms with Crippen molar-refractivity contribution in [1.82, 2.24) is 10.3 Å². The molecule has 1 aromatic heterocycles. The number of hydrogen-bond donors (Lipinski definition) is 1. The van der Waals surface area contributed by atoms with Gasteiger partial charge in [0.15, 0.2) is 0 Å². The van der Waals surface area contributed by atoms with Crippen molar-refractivity contribution in [2.45, 2.75) is 33.4 Å². The highest BCUT2D eigenvalue weighted by atomic mass is 14.9. The van der Waals surface area contributed by atoms with E-state index in [9.17, 15) is 0 Å². The van der Waals surface area contributed by atoms with E-state index in [1.807, 2.05) is 6.20 Å². The van der Waals surface area contributed by atoms with Gasteiger partial charge >= 0.3 is 0 Å². The lowest BCUT2D eigenvalue weighted by atomic mass is 10.0. The Balaban J connectivity index is 2.54. The Hall–Kier alpha value is -0.890. The maximum absolute atomic E-state index is 4.43. The highest BCUT2D eigenvalue weighted by Crippen LogP contribution is 2.20. The monoisotopic (exact) mass is 162 g/mol. The first-order chi connectivity index (χ1) is 5.83. The molecule has 2 heteroatoms. The number of hydrogen-bond acceptors (Lipinski definition) is 2. The van der Waals surface area contributed by atoms with Crippen LogP contribution >= 0.6 is 0 Å². The number of nitrogens with one attached hydrogen (secondary N) is 1. The van der Waals surface area contributed by atoms with Gasteiger partial charge in [0.25, 0.3) is 0 Å². The van der Waals surface area contributed by atoms with Gasteiger partial charge < -0.3 is 5.32 Å². The molecule has 0 unspecified atom stereocenters. The van der Waals surface area contributed by atoms with Crippen LogP contribution < -0.4 is 5.32 Å². The number of pyridine rings is 1. The molecule has 0 bridgehead atoms. The molecule has 2 nitrogen and oxygen atoms in total. The van der Waals surface area contributed by atoms with E-state index in [1.165, 1.54) is 22.4 Å². The van der Waals surface area contributed by atoms with Crippen LogP contribution in [-0.2, 0) is 19.5 Å². The second kappa shape index (κ2) is 2.87. The first-order valence-corrected chi connectivity index (χ1v) is 4.50. The zero-order chi connectivity index (χ0) is 8.55. The number of nitrogens with zero attached hydrogens (tertiary/aromatic N) is 1. The minimum absolute atomic E-state index is 0.993. The van der Waals surface area contributed by atoms with Crippen molar-refractivity contribution in [3.63, 3.8) is 0 Å². The van der Waals surface area contributed by atoms with Crippen molar-refractivity contribution in [2.24, 2.45) is 0 Å². The van der Waals surface area contributed by atoms with E-state index in [-0.39, 0.29) is 0 Å². The van der Waals surface area contributed by atoms with E-state index in [0.717, 1.165) is 19.5 Å². The minimum Gasteiger partial charge on any atom is -0.309 e. The number of aryl methyl sites for hydroxylation is 1. The van der Waals surface area contributed by atoms with Gasteiger partial charge in [0.05, 0.1) is 0 Å². The second-order valence-corrected chi connectivity index (χ2v) is 3.29. The first-order valence-electron chi connectivity index (χ1n) is 4.50. The zero-order valence-electron chi connectivity index (χ0n) is 7.65. The van der Waals surface area contributed by atoms with Crippen molar-refractivity contribution in [1.29, 1.82) is 0 Å². The van der Waals surface area contributed by atoms with E-state index in [0.29, 0.717) is 0 Å². The molecule has 12 heavy (non-hydrogen) atoms. The normalized spacial score (nSPS) is 14.8. The average Bonchev–Trinajstić information content (AvgIpc) is 2.53. The van der Waals surface area contributed by atoms with E-state index in [1.54, 1.807) is 0 Å².